The molecule has 0 radical (unpaired) electrons. The summed E-state index contributed by atoms with van der Waals surface area (Å²) < 4.78 is 51.1. The third-order valence-corrected chi connectivity index (χ3v) is 3.55. The van der Waals surface area contributed by atoms with Crippen LogP contribution in [0.15, 0.2) is 18.2 Å². The number of benzene rings is 1. The highest BCUT2D eigenvalue weighted by Crippen LogP contribution is 2.36. The lowest BCUT2D eigenvalue weighted by atomic mass is 10.1. The summed E-state index contributed by atoms with van der Waals surface area (Å²) in [5.74, 6) is -0.940. The van der Waals surface area contributed by atoms with Gasteiger partial charge < -0.3 is 5.32 Å². The Balaban J connectivity index is 2.08. The van der Waals surface area contributed by atoms with Crippen molar-refractivity contribution in [3.63, 3.8) is 0 Å². The smallest absolute Gasteiger partial charge is 0.352 e. The molecule has 0 spiro atoms. The summed E-state index contributed by atoms with van der Waals surface area (Å²) in [4.78, 5) is 11.8. The van der Waals surface area contributed by atoms with Crippen LogP contribution in [0.3, 0.4) is 0 Å². The molecule has 20 heavy (non-hydrogen) atoms. The van der Waals surface area contributed by atoms with Crippen LogP contribution in [0.5, 0.6) is 0 Å². The fourth-order valence-electron chi connectivity index (χ4n) is 2.06. The Hall–Kier alpha value is -1.59. The minimum absolute atomic E-state index is 0.257. The second kappa shape index (κ2) is 5.42. The number of nitrogens with one attached hydrogen (secondary N) is 1. The first-order valence-electron chi connectivity index (χ1n) is 6.44. The van der Waals surface area contributed by atoms with Gasteiger partial charge in [0.15, 0.2) is 0 Å². The Morgan fingerprint density at radius 2 is 2.05 bits per heavy atom. The number of carbonyl (C=O) groups is 1. The van der Waals surface area contributed by atoms with Crippen LogP contribution in [0.1, 0.15) is 35.7 Å². The zero-order chi connectivity index (χ0) is 14.9. The van der Waals surface area contributed by atoms with Crippen LogP contribution < -0.4 is 5.32 Å². The van der Waals surface area contributed by atoms with Gasteiger partial charge in [0.2, 0.25) is 0 Å². The third kappa shape index (κ3) is 3.49. The zero-order valence-electron chi connectivity index (χ0n) is 10.9. The van der Waals surface area contributed by atoms with Gasteiger partial charge in [0.1, 0.15) is 5.82 Å². The minimum atomic E-state index is -4.59. The zero-order valence-corrected chi connectivity index (χ0v) is 10.9. The van der Waals surface area contributed by atoms with Crippen LogP contribution in [0.25, 0.3) is 0 Å². The van der Waals surface area contributed by atoms with Crippen molar-refractivity contribution in [1.29, 1.82) is 0 Å². The molecule has 1 amide bonds. The number of hydrogen-bond acceptors (Lipinski definition) is 1. The highest BCUT2D eigenvalue weighted by molar-refractivity contribution is 5.94. The van der Waals surface area contributed by atoms with Gasteiger partial charge in [-0.15, -0.1) is 0 Å². The highest BCUT2D eigenvalue weighted by atomic mass is 19.4. The molecule has 1 aromatic carbocycles. The van der Waals surface area contributed by atoms with Gasteiger partial charge in [-0.3, -0.25) is 4.79 Å². The predicted octanol–water partition coefficient (Wildman–Crippen LogP) is 3.62. The second-order valence-electron chi connectivity index (χ2n) is 5.22. The van der Waals surface area contributed by atoms with Gasteiger partial charge >= 0.3 is 6.18 Å². The van der Waals surface area contributed by atoms with Crippen LogP contribution in [0.4, 0.5) is 17.6 Å². The number of alkyl halides is 3. The van der Waals surface area contributed by atoms with E-state index in [0.717, 1.165) is 12.8 Å². The Bertz CT molecular complexity index is 508. The fraction of sp³-hybridized carbons (Fsp3) is 0.500. The molecule has 1 aromatic rings. The topological polar surface area (TPSA) is 29.1 Å². The summed E-state index contributed by atoms with van der Waals surface area (Å²) in [6.07, 6.45) is -2.38. The normalized spacial score (nSPS) is 16.9. The highest BCUT2D eigenvalue weighted by Gasteiger charge is 2.32. The number of halogens is 4. The molecule has 2 nitrogen and oxygen atoms in total. The van der Waals surface area contributed by atoms with Gasteiger partial charge in [-0.25, -0.2) is 4.39 Å². The number of rotatable bonds is 4. The predicted molar refractivity (Wildman–Crippen MR) is 65.6 cm³/mol. The molecule has 6 heteroatoms. The summed E-state index contributed by atoms with van der Waals surface area (Å²) in [7, 11) is 0. The first-order valence-corrected chi connectivity index (χ1v) is 6.44. The van der Waals surface area contributed by atoms with Crippen LogP contribution >= 0.6 is 0 Å². The molecule has 0 saturated heterocycles. The summed E-state index contributed by atoms with van der Waals surface area (Å²) in [5.41, 5.74) is -1.60. The van der Waals surface area contributed by atoms with Crippen molar-refractivity contribution < 1.29 is 22.4 Å². The molecule has 1 atom stereocenters. The van der Waals surface area contributed by atoms with Crippen molar-refractivity contribution >= 4 is 5.91 Å². The van der Waals surface area contributed by atoms with Crippen molar-refractivity contribution in [1.82, 2.24) is 5.32 Å². The SMILES string of the molecule is CC(CNC(=O)c1cc(C(F)(F)F)ccc1F)C1CC1. The monoisotopic (exact) mass is 289 g/mol. The van der Waals surface area contributed by atoms with Crippen LogP contribution in [-0.4, -0.2) is 12.5 Å². The van der Waals surface area contributed by atoms with Crippen LogP contribution in [-0.2, 0) is 6.18 Å². The molecule has 2 rings (SSSR count). The first-order chi connectivity index (χ1) is 9.29. The van der Waals surface area contributed by atoms with Crippen molar-refractivity contribution in [2.24, 2.45) is 11.8 Å². The van der Waals surface area contributed by atoms with E-state index in [2.05, 4.69) is 5.32 Å². The molecular formula is C14H15F4NO. The van der Waals surface area contributed by atoms with Crippen molar-refractivity contribution in [2.75, 3.05) is 6.54 Å². The van der Waals surface area contributed by atoms with Gasteiger partial charge in [0.25, 0.3) is 5.91 Å². The fourth-order valence-corrected chi connectivity index (χ4v) is 2.06. The Kier molecular flexibility index (Phi) is 4.01. The summed E-state index contributed by atoms with van der Waals surface area (Å²) in [6.45, 7) is 2.31. The molecule has 110 valence electrons. The number of amides is 1. The average Bonchev–Trinajstić information content (AvgIpc) is 3.18. The Labute approximate surface area is 114 Å². The molecule has 1 fully saturated rings. The average molecular weight is 289 g/mol. The van der Waals surface area contributed by atoms with Crippen LogP contribution in [0.2, 0.25) is 0 Å². The van der Waals surface area contributed by atoms with Gasteiger partial charge in [0, 0.05) is 6.54 Å². The molecule has 0 bridgehead atoms. The van der Waals surface area contributed by atoms with Gasteiger partial charge in [0.05, 0.1) is 11.1 Å². The molecule has 1 unspecified atom stereocenters. The second-order valence-corrected chi connectivity index (χ2v) is 5.22. The van der Waals surface area contributed by atoms with E-state index in [4.69, 9.17) is 0 Å². The van der Waals surface area contributed by atoms with E-state index < -0.39 is 29.0 Å². The summed E-state index contributed by atoms with van der Waals surface area (Å²) in [5, 5.41) is 2.49. The van der Waals surface area contributed by atoms with E-state index >= 15 is 0 Å². The molecule has 1 aliphatic rings. The van der Waals surface area contributed by atoms with E-state index in [0.29, 0.717) is 30.7 Å². The van der Waals surface area contributed by atoms with E-state index in [-0.39, 0.29) is 5.92 Å². The minimum Gasteiger partial charge on any atom is -0.352 e. The maximum Gasteiger partial charge on any atom is 0.416 e. The van der Waals surface area contributed by atoms with Crippen LogP contribution in [0, 0.1) is 17.7 Å². The maximum atomic E-state index is 13.5. The van der Waals surface area contributed by atoms with E-state index in [1.54, 1.807) is 0 Å². The Morgan fingerprint density at radius 1 is 1.40 bits per heavy atom. The van der Waals surface area contributed by atoms with E-state index in [9.17, 15) is 22.4 Å². The molecule has 1 saturated carbocycles. The third-order valence-electron chi connectivity index (χ3n) is 3.55. The molecule has 0 heterocycles. The van der Waals surface area contributed by atoms with Gasteiger partial charge in [-0.05, 0) is 42.9 Å². The quantitative estimate of drug-likeness (QED) is 0.843. The van der Waals surface area contributed by atoms with Gasteiger partial charge in [-0.2, -0.15) is 13.2 Å². The standard InChI is InChI=1S/C14H15F4NO/c1-8(9-2-3-9)7-19-13(20)11-6-10(14(16,17)18)4-5-12(11)15/h4-6,8-9H,2-3,7H2,1H3,(H,19,20). The molecular weight excluding hydrogens is 274 g/mol. The van der Waals surface area contributed by atoms with Gasteiger partial charge in [-0.1, -0.05) is 6.92 Å². The molecule has 0 aromatic heterocycles. The Morgan fingerprint density at radius 3 is 2.60 bits per heavy atom. The summed E-state index contributed by atoms with van der Waals surface area (Å²) in [6, 6.07) is 1.84. The number of carbonyl (C=O) groups excluding carboxylic acids is 1. The van der Waals surface area contributed by atoms with E-state index in [1.807, 2.05) is 6.92 Å². The first kappa shape index (κ1) is 14.8. The molecule has 1 aliphatic carbocycles. The van der Waals surface area contributed by atoms with Crippen molar-refractivity contribution in [3.05, 3.63) is 35.1 Å². The largest absolute Gasteiger partial charge is 0.416 e. The lowest BCUT2D eigenvalue weighted by Gasteiger charge is -2.13. The lowest BCUT2D eigenvalue weighted by molar-refractivity contribution is -0.137. The lowest BCUT2D eigenvalue weighted by Crippen LogP contribution is -2.30. The summed E-state index contributed by atoms with van der Waals surface area (Å²) >= 11 is 0. The maximum absolute atomic E-state index is 13.5. The van der Waals surface area contributed by atoms with Crippen molar-refractivity contribution in [2.45, 2.75) is 25.9 Å². The molecule has 1 N–H and O–H groups in total. The van der Waals surface area contributed by atoms with E-state index in [1.165, 1.54) is 0 Å². The number of hydrogen-bond donors (Lipinski definition) is 1. The molecule has 0 aliphatic heterocycles. The van der Waals surface area contributed by atoms with Crippen molar-refractivity contribution in [3.8, 4) is 0 Å².